The molecule has 0 radical (unpaired) electrons. The van der Waals surface area contributed by atoms with E-state index in [1.165, 1.54) is 5.32 Å². The molecule has 0 fully saturated rings. The average Bonchev–Trinajstić information content (AvgIpc) is 2.58. The van der Waals surface area contributed by atoms with Gasteiger partial charge in [0.1, 0.15) is 22.9 Å². The van der Waals surface area contributed by atoms with Gasteiger partial charge in [0.15, 0.2) is 5.82 Å². The number of alkyl halides is 6. The molecule has 0 amide bonds. The van der Waals surface area contributed by atoms with Gasteiger partial charge in [0.05, 0.1) is 2.74 Å². The SMILES string of the molecule is [2H]c1ccc(-c2nc(N[C@H](C([2H])([2H])[2H])C(F)(F)F)nc(N[C@]([2H])(C)C(F)(F)F)n2)nc1Cl. The van der Waals surface area contributed by atoms with Crippen LogP contribution in [0.4, 0.5) is 38.2 Å². The molecule has 0 saturated heterocycles. The standard InChI is InChI=1S/C14H13ClF6N6/c1-6(13(16,17)18)22-11-25-10(8-4-3-5-9(15)24-8)26-12(27-11)23-7(2)14(19,20)21/h3-7H,1-2H3,(H2,22,23,25,26,27)/t6-,7-/m1/s1/i1D3,5D,7D. The van der Waals surface area contributed by atoms with E-state index in [1.54, 1.807) is 5.32 Å². The van der Waals surface area contributed by atoms with Gasteiger partial charge in [-0.3, -0.25) is 0 Å². The predicted octanol–water partition coefficient (Wildman–Crippen LogP) is 4.31. The van der Waals surface area contributed by atoms with Crippen LogP contribution in [0.25, 0.3) is 11.5 Å². The van der Waals surface area contributed by atoms with E-state index in [1.807, 2.05) is 0 Å². The van der Waals surface area contributed by atoms with E-state index in [0.29, 0.717) is 6.92 Å². The minimum atomic E-state index is -5.31. The summed E-state index contributed by atoms with van der Waals surface area (Å²) < 4.78 is 115. The summed E-state index contributed by atoms with van der Waals surface area (Å²) in [7, 11) is 0. The summed E-state index contributed by atoms with van der Waals surface area (Å²) in [6.45, 7) is -3.22. The van der Waals surface area contributed by atoms with Crippen molar-refractivity contribution in [3.63, 3.8) is 0 Å². The molecule has 6 nitrogen and oxygen atoms in total. The van der Waals surface area contributed by atoms with Crippen LogP contribution in [0.5, 0.6) is 0 Å². The molecule has 148 valence electrons. The third kappa shape index (κ3) is 5.81. The van der Waals surface area contributed by atoms with E-state index in [4.69, 9.17) is 18.5 Å². The minimum Gasteiger partial charge on any atom is -0.343 e. The van der Waals surface area contributed by atoms with Gasteiger partial charge >= 0.3 is 12.4 Å². The fourth-order valence-corrected chi connectivity index (χ4v) is 1.70. The third-order valence-electron chi connectivity index (χ3n) is 2.85. The van der Waals surface area contributed by atoms with Crippen LogP contribution in [0.2, 0.25) is 5.15 Å². The molecule has 0 aliphatic rings. The van der Waals surface area contributed by atoms with Gasteiger partial charge in [-0.25, -0.2) is 4.98 Å². The van der Waals surface area contributed by atoms with E-state index in [2.05, 4.69) is 19.9 Å². The number of aromatic nitrogens is 4. The topological polar surface area (TPSA) is 75.6 Å². The zero-order valence-corrected chi connectivity index (χ0v) is 13.9. The van der Waals surface area contributed by atoms with Crippen LogP contribution in [-0.2, 0) is 0 Å². The smallest absolute Gasteiger partial charge is 0.343 e. The highest BCUT2D eigenvalue weighted by molar-refractivity contribution is 6.29. The van der Waals surface area contributed by atoms with Gasteiger partial charge < -0.3 is 10.6 Å². The quantitative estimate of drug-likeness (QED) is 0.555. The Kier molecular flexibility index (Phi) is 4.18. The number of halogens is 7. The molecule has 2 N–H and O–H groups in total. The van der Waals surface area contributed by atoms with E-state index < -0.39 is 49.0 Å². The van der Waals surface area contributed by atoms with Crippen molar-refractivity contribution < 1.29 is 33.2 Å². The highest BCUT2D eigenvalue weighted by atomic mass is 35.5. The van der Waals surface area contributed by atoms with Crippen molar-refractivity contribution in [2.24, 2.45) is 0 Å². The Labute approximate surface area is 161 Å². The number of pyridine rings is 1. The molecule has 27 heavy (non-hydrogen) atoms. The fourth-order valence-electron chi connectivity index (χ4n) is 1.55. The molecule has 0 saturated carbocycles. The molecule has 0 unspecified atom stereocenters. The monoisotopic (exact) mass is 419 g/mol. The minimum absolute atomic E-state index is 0.239. The fraction of sp³-hybridized carbons (Fsp3) is 0.429. The van der Waals surface area contributed by atoms with E-state index in [-0.39, 0.29) is 16.9 Å². The number of nitrogens with zero attached hydrogens (tertiary/aromatic N) is 4. The summed E-state index contributed by atoms with van der Waals surface area (Å²) in [5, 5.41) is 2.76. The Bertz CT molecular complexity index is 970. The van der Waals surface area contributed by atoms with E-state index in [9.17, 15) is 26.3 Å². The maximum absolute atomic E-state index is 13.2. The second-order valence-corrected chi connectivity index (χ2v) is 5.30. The normalized spacial score (nSPS) is 18.9. The first-order chi connectivity index (χ1) is 14.3. The molecule has 13 heteroatoms. The second-order valence-electron chi connectivity index (χ2n) is 4.94. The van der Waals surface area contributed by atoms with Crippen LogP contribution in [0.3, 0.4) is 0 Å². The first-order valence-corrected chi connectivity index (χ1v) is 7.27. The van der Waals surface area contributed by atoms with Crippen molar-refractivity contribution in [2.75, 3.05) is 10.6 Å². The zero-order valence-electron chi connectivity index (χ0n) is 18.2. The van der Waals surface area contributed by atoms with Crippen LogP contribution in [0.15, 0.2) is 18.2 Å². The van der Waals surface area contributed by atoms with Crippen molar-refractivity contribution in [1.82, 2.24) is 19.9 Å². The first-order valence-electron chi connectivity index (χ1n) is 9.39. The first kappa shape index (κ1) is 14.7. The molecule has 0 aliphatic carbocycles. The van der Waals surface area contributed by atoms with Gasteiger partial charge in [0, 0.05) is 4.11 Å². The van der Waals surface area contributed by atoms with Crippen LogP contribution < -0.4 is 10.6 Å². The summed E-state index contributed by atoms with van der Waals surface area (Å²) in [5.41, 5.74) is -0.268. The number of anilines is 2. The Morgan fingerprint density at radius 3 is 2.22 bits per heavy atom. The van der Waals surface area contributed by atoms with Gasteiger partial charge in [0.2, 0.25) is 11.9 Å². The van der Waals surface area contributed by atoms with Crippen molar-refractivity contribution in [2.45, 2.75) is 38.2 Å². The largest absolute Gasteiger partial charge is 0.408 e. The lowest BCUT2D eigenvalue weighted by atomic mass is 10.3. The molecule has 0 spiro atoms. The van der Waals surface area contributed by atoms with Crippen molar-refractivity contribution in [1.29, 1.82) is 0 Å². The van der Waals surface area contributed by atoms with Gasteiger partial charge in [-0.2, -0.15) is 41.3 Å². The molecule has 2 atom stereocenters. The number of hydrogen-bond donors (Lipinski definition) is 2. The van der Waals surface area contributed by atoms with Crippen LogP contribution in [0.1, 0.15) is 20.6 Å². The zero-order chi connectivity index (χ0) is 24.7. The molecule has 2 heterocycles. The number of rotatable bonds is 5. The average molecular weight is 420 g/mol. The van der Waals surface area contributed by atoms with Crippen molar-refractivity contribution >= 4 is 23.5 Å². The highest BCUT2D eigenvalue weighted by Crippen LogP contribution is 2.26. The lowest BCUT2D eigenvalue weighted by molar-refractivity contribution is -0.139. The molecule has 2 aromatic rings. The number of hydrogen-bond acceptors (Lipinski definition) is 6. The Morgan fingerprint density at radius 2 is 1.70 bits per heavy atom. The van der Waals surface area contributed by atoms with E-state index >= 15 is 0 Å². The summed E-state index contributed by atoms with van der Waals surface area (Å²) in [6, 6.07) is -4.57. The Balaban J connectivity index is 2.61. The Hall–Kier alpha value is -2.37. The summed E-state index contributed by atoms with van der Waals surface area (Å²) in [5.74, 6) is -2.65. The Morgan fingerprint density at radius 1 is 1.07 bits per heavy atom. The van der Waals surface area contributed by atoms with Gasteiger partial charge in [-0.15, -0.1) is 0 Å². The molecule has 2 rings (SSSR count). The summed E-state index contributed by atoms with van der Waals surface area (Å²) >= 11 is 5.71. The van der Waals surface area contributed by atoms with Crippen LogP contribution in [0, 0.1) is 0 Å². The van der Waals surface area contributed by atoms with Crippen LogP contribution >= 0.6 is 11.6 Å². The molecular weight excluding hydrogens is 402 g/mol. The van der Waals surface area contributed by atoms with Crippen molar-refractivity contribution in [3.8, 4) is 11.5 Å². The maximum atomic E-state index is 13.2. The molecule has 2 aromatic heterocycles. The summed E-state index contributed by atoms with van der Waals surface area (Å²) in [4.78, 5) is 14.3. The molecular formula is C14H13ClF6N6. The number of nitrogens with one attached hydrogen (secondary N) is 2. The highest BCUT2D eigenvalue weighted by Gasteiger charge is 2.38. The third-order valence-corrected chi connectivity index (χ3v) is 3.05. The van der Waals surface area contributed by atoms with Crippen molar-refractivity contribution in [3.05, 3.63) is 23.3 Å². The predicted molar refractivity (Wildman–Crippen MR) is 86.3 cm³/mol. The summed E-state index contributed by atoms with van der Waals surface area (Å²) in [6.07, 6.45) is -10.5. The second kappa shape index (κ2) is 7.71. The lowest BCUT2D eigenvalue weighted by Crippen LogP contribution is -2.35. The maximum Gasteiger partial charge on any atom is 0.408 e. The van der Waals surface area contributed by atoms with Gasteiger partial charge in [-0.05, 0) is 25.9 Å². The molecule has 0 bridgehead atoms. The molecule has 0 aromatic carbocycles. The lowest BCUT2D eigenvalue weighted by Gasteiger charge is -2.20. The van der Waals surface area contributed by atoms with Gasteiger partial charge in [-0.1, -0.05) is 17.7 Å². The van der Waals surface area contributed by atoms with Crippen LogP contribution in [-0.4, -0.2) is 44.3 Å². The van der Waals surface area contributed by atoms with E-state index in [0.717, 1.165) is 12.1 Å². The van der Waals surface area contributed by atoms with Gasteiger partial charge in [0.25, 0.3) is 0 Å². The molecule has 0 aliphatic heterocycles.